The molecule has 16 aromatic rings. The minimum absolute atomic E-state index is 0.0151. The summed E-state index contributed by atoms with van der Waals surface area (Å²) < 4.78 is 79.6. The first-order valence-corrected chi connectivity index (χ1v) is 35.1. The first kappa shape index (κ1) is 53.3. The minimum atomic E-state index is -0.496. The van der Waals surface area contributed by atoms with Crippen molar-refractivity contribution in [2.24, 2.45) is 0 Å². The van der Waals surface area contributed by atoms with Crippen molar-refractivity contribution in [3.05, 3.63) is 332 Å². The van der Waals surface area contributed by atoms with Gasteiger partial charge in [0.15, 0.2) is 0 Å². The van der Waals surface area contributed by atoms with Crippen LogP contribution in [0.5, 0.6) is 0 Å². The van der Waals surface area contributed by atoms with E-state index in [4.69, 9.17) is 2.74 Å². The number of nitrogens with zero attached hydrogens (tertiary/aromatic N) is 4. The zero-order valence-electron chi connectivity index (χ0n) is 66.3. The van der Waals surface area contributed by atoms with E-state index < -0.39 is 36.3 Å². The molecule has 0 spiro atoms. The molecule has 0 fully saturated rings. The summed E-state index contributed by atoms with van der Waals surface area (Å²) in [5.74, 6) is 0. The summed E-state index contributed by atoms with van der Waals surface area (Å²) in [4.78, 5) is 5.08. The fourth-order valence-corrected chi connectivity index (χ4v) is 15.9. The Balaban J connectivity index is 1.03. The first-order valence-electron chi connectivity index (χ1n) is 39.1. The van der Waals surface area contributed by atoms with E-state index in [2.05, 4.69) is 338 Å². The third-order valence-corrected chi connectivity index (χ3v) is 21.0. The maximum absolute atomic E-state index is 9.85. The number of benzene rings is 14. The molecule has 4 nitrogen and oxygen atoms in total. The number of para-hydroxylation sites is 4. The summed E-state index contributed by atoms with van der Waals surface area (Å²) in [6.07, 6.45) is 0. The number of anilines is 6. The molecule has 2 aliphatic heterocycles. The molecule has 0 bridgehead atoms. The SMILES string of the molecule is [2H]c1c([2H])c([2H])c2c(c1[2H])c1c([2H])c([2H])c([2H])c([2H])c1n2-c1ccc2c(c1)N(c1c(-c3ccccc3)cc(C(C)(C)C)cc1-c1ccccc1)c1cc(C(C)(C)C)cc3c1B2c1ccc(-c2ccc4c(c2)c2ccccc2n4-c2ccccc2)cc1N3c1c(-c2ccccc2)cc(C(C)(C)C)cc1-c1ccccc1. The molecule has 0 N–H and O–H groups in total. The van der Waals surface area contributed by atoms with Gasteiger partial charge in [-0.1, -0.05) is 281 Å². The molecule has 0 saturated heterocycles. The highest BCUT2D eigenvalue weighted by Gasteiger charge is 2.46. The van der Waals surface area contributed by atoms with Gasteiger partial charge in [0.25, 0.3) is 6.71 Å². The van der Waals surface area contributed by atoms with E-state index in [1.807, 2.05) is 6.07 Å². The van der Waals surface area contributed by atoms with Crippen LogP contribution in [0.3, 0.4) is 0 Å². The van der Waals surface area contributed by atoms with Crippen molar-refractivity contribution >= 4 is 101 Å². The Kier molecular flexibility index (Phi) is 12.4. The highest BCUT2D eigenvalue weighted by molar-refractivity contribution is 7.00. The molecule has 2 aromatic heterocycles. The predicted molar refractivity (Wildman–Crippen MR) is 432 cm³/mol. The Morgan fingerprint density at radius 2 is 0.653 bits per heavy atom. The van der Waals surface area contributed by atoms with Crippen LogP contribution < -0.4 is 26.2 Å². The van der Waals surface area contributed by atoms with Crippen LogP contribution in [0.15, 0.2) is 315 Å². The number of hydrogen-bond acceptors (Lipinski definition) is 2. The fraction of sp³-hybridized carbons (Fsp3) is 0.125. The lowest BCUT2D eigenvalue weighted by molar-refractivity contribution is 0.590. The van der Waals surface area contributed by atoms with E-state index >= 15 is 0 Å². The van der Waals surface area contributed by atoms with Crippen LogP contribution in [0.2, 0.25) is 0 Å². The third kappa shape index (κ3) is 10.2. The third-order valence-electron chi connectivity index (χ3n) is 21.0. The summed E-state index contributed by atoms with van der Waals surface area (Å²) in [7, 11) is 0. The fourth-order valence-electron chi connectivity index (χ4n) is 15.9. The molecule has 0 atom stereocenters. The van der Waals surface area contributed by atoms with Gasteiger partial charge in [0.1, 0.15) is 0 Å². The molecule has 0 aliphatic carbocycles. The van der Waals surface area contributed by atoms with Crippen molar-refractivity contribution in [3.63, 3.8) is 0 Å². The predicted octanol–water partition coefficient (Wildman–Crippen LogP) is 24.2. The molecule has 5 heteroatoms. The van der Waals surface area contributed by atoms with Crippen LogP contribution in [-0.2, 0) is 16.2 Å². The van der Waals surface area contributed by atoms with Crippen molar-refractivity contribution in [1.29, 1.82) is 0 Å². The van der Waals surface area contributed by atoms with E-state index in [1.165, 1.54) is 5.56 Å². The second-order valence-electron chi connectivity index (χ2n) is 30.3. The summed E-state index contributed by atoms with van der Waals surface area (Å²) in [5, 5.41) is 2.32. The van der Waals surface area contributed by atoms with Gasteiger partial charge >= 0.3 is 0 Å². The monoisotopic (exact) mass is 1310 g/mol. The second-order valence-corrected chi connectivity index (χ2v) is 30.3. The van der Waals surface area contributed by atoms with Crippen molar-refractivity contribution in [2.45, 2.75) is 78.6 Å². The Hall–Kier alpha value is -11.7. The molecule has 18 rings (SSSR count). The lowest BCUT2D eigenvalue weighted by atomic mass is 9.33. The van der Waals surface area contributed by atoms with Gasteiger partial charge in [-0.2, -0.15) is 0 Å². The van der Waals surface area contributed by atoms with Crippen LogP contribution >= 0.6 is 0 Å². The molecular formula is C96H79BN4. The second kappa shape index (κ2) is 23.5. The normalized spacial score (nSPS) is 14.0. The van der Waals surface area contributed by atoms with Gasteiger partial charge in [0.2, 0.25) is 0 Å². The molecular weight excluding hydrogens is 1220 g/mol. The minimum Gasteiger partial charge on any atom is -0.310 e. The lowest BCUT2D eigenvalue weighted by Crippen LogP contribution is -2.61. The lowest BCUT2D eigenvalue weighted by Gasteiger charge is -2.47. The molecule has 0 amide bonds. The van der Waals surface area contributed by atoms with Crippen LogP contribution in [-0.4, -0.2) is 15.8 Å². The first-order chi connectivity index (χ1) is 52.3. The smallest absolute Gasteiger partial charge is 0.252 e. The van der Waals surface area contributed by atoms with E-state index in [1.54, 1.807) is 4.57 Å². The highest BCUT2D eigenvalue weighted by Crippen LogP contribution is 2.56. The summed E-state index contributed by atoms with van der Waals surface area (Å²) >= 11 is 0. The van der Waals surface area contributed by atoms with E-state index in [9.17, 15) is 8.22 Å². The van der Waals surface area contributed by atoms with Crippen molar-refractivity contribution < 1.29 is 11.0 Å². The van der Waals surface area contributed by atoms with E-state index in [-0.39, 0.29) is 56.8 Å². The zero-order valence-corrected chi connectivity index (χ0v) is 58.3. The molecule has 0 radical (unpaired) electrons. The van der Waals surface area contributed by atoms with E-state index in [0.717, 1.165) is 145 Å². The Morgan fingerprint density at radius 1 is 0.277 bits per heavy atom. The van der Waals surface area contributed by atoms with Gasteiger partial charge in [0.05, 0.1) is 44.4 Å². The number of aromatic nitrogens is 2. The number of hydrogen-bond donors (Lipinski definition) is 0. The van der Waals surface area contributed by atoms with Crippen LogP contribution in [0.25, 0.3) is 111 Å². The molecule has 486 valence electrons. The molecule has 14 aromatic carbocycles. The molecule has 2 aliphatic rings. The van der Waals surface area contributed by atoms with E-state index in [0.29, 0.717) is 5.69 Å². The Labute approximate surface area is 605 Å². The average molecular weight is 1310 g/mol. The van der Waals surface area contributed by atoms with Gasteiger partial charge in [-0.25, -0.2) is 0 Å². The van der Waals surface area contributed by atoms with Gasteiger partial charge in [-0.3, -0.25) is 0 Å². The largest absolute Gasteiger partial charge is 0.310 e. The summed E-state index contributed by atoms with van der Waals surface area (Å²) in [5.41, 5.74) is 25.2. The molecule has 0 saturated carbocycles. The van der Waals surface area contributed by atoms with Gasteiger partial charge in [-0.15, -0.1) is 0 Å². The summed E-state index contributed by atoms with van der Waals surface area (Å²) in [6.45, 7) is 20.1. The van der Waals surface area contributed by atoms with Crippen LogP contribution in [0.4, 0.5) is 34.1 Å². The summed E-state index contributed by atoms with van der Waals surface area (Å²) in [6, 6.07) is 93.5. The van der Waals surface area contributed by atoms with Crippen LogP contribution in [0, 0.1) is 0 Å². The molecule has 4 heterocycles. The van der Waals surface area contributed by atoms with Gasteiger partial charge in [0, 0.05) is 77.9 Å². The van der Waals surface area contributed by atoms with Crippen molar-refractivity contribution in [3.8, 4) is 67.0 Å². The van der Waals surface area contributed by atoms with Crippen molar-refractivity contribution in [1.82, 2.24) is 9.13 Å². The molecule has 0 unspecified atom stereocenters. The number of rotatable bonds is 9. The quantitative estimate of drug-likeness (QED) is 0.134. The average Bonchev–Trinajstić information content (AvgIpc) is 1.23. The maximum Gasteiger partial charge on any atom is 0.252 e. The van der Waals surface area contributed by atoms with Crippen LogP contribution in [0.1, 0.15) is 90.0 Å². The standard InChI is InChI=1S/C96H79BN4/c1-94(2,3)68-55-76(62-31-15-10-16-32-62)92(77(56-68)63-33-17-11-18-34-63)100-87-54-67(66-48-52-86-80(53-66)75-43-27-30-46-85(75)98(86)71-39-23-14-24-40-71)47-50-81(87)97-82-51-49-72(99-83-44-28-25-41-73(83)74-42-26-29-45-84(74)99)61-88(82)101(90-60-70(96(7,8)9)59-89(100)91(90)97)93-78(64-35-19-12-20-36-64)57-69(95(4,5)6)58-79(93)65-37-21-13-22-38-65/h10-61H,1-9H3/i25D,26D,28D,29D,41D,42D,44D,45D. The van der Waals surface area contributed by atoms with Gasteiger partial charge < -0.3 is 18.9 Å². The number of fused-ring (bicyclic) bond motifs is 10. The topological polar surface area (TPSA) is 16.3 Å². The Bertz CT molecular complexity index is 6250. The maximum atomic E-state index is 9.85. The highest BCUT2D eigenvalue weighted by atomic mass is 15.2. The molecule has 101 heavy (non-hydrogen) atoms. The van der Waals surface area contributed by atoms with Gasteiger partial charge in [-0.05, 0) is 180 Å². The Morgan fingerprint density at radius 3 is 1.13 bits per heavy atom. The van der Waals surface area contributed by atoms with Crippen molar-refractivity contribution in [2.75, 3.05) is 9.80 Å². The zero-order chi connectivity index (χ0) is 75.6.